The summed E-state index contributed by atoms with van der Waals surface area (Å²) < 4.78 is 0. The SMILES string of the molecule is NC1C=Cc2ncsc2C1. The maximum atomic E-state index is 5.70. The number of rotatable bonds is 0. The molecule has 1 aliphatic rings. The van der Waals surface area contributed by atoms with Gasteiger partial charge in [-0.1, -0.05) is 6.08 Å². The first kappa shape index (κ1) is 6.07. The Morgan fingerprint density at radius 2 is 2.60 bits per heavy atom. The first-order valence-corrected chi connectivity index (χ1v) is 4.10. The number of aromatic nitrogens is 1. The molecular formula is C7H8N2S. The number of nitrogens with two attached hydrogens (primary N) is 1. The summed E-state index contributed by atoms with van der Waals surface area (Å²) in [7, 11) is 0. The van der Waals surface area contributed by atoms with Crippen LogP contribution in [-0.4, -0.2) is 11.0 Å². The molecule has 52 valence electrons. The van der Waals surface area contributed by atoms with Crippen LogP contribution >= 0.6 is 11.3 Å². The molecule has 0 saturated heterocycles. The lowest BCUT2D eigenvalue weighted by Gasteiger charge is -2.09. The highest BCUT2D eigenvalue weighted by Gasteiger charge is 2.11. The van der Waals surface area contributed by atoms with Crippen LogP contribution in [0.4, 0.5) is 0 Å². The van der Waals surface area contributed by atoms with Crippen molar-refractivity contribution in [2.75, 3.05) is 0 Å². The molecule has 1 atom stereocenters. The zero-order valence-corrected chi connectivity index (χ0v) is 6.27. The molecule has 0 aromatic carbocycles. The highest BCUT2D eigenvalue weighted by atomic mass is 32.1. The van der Waals surface area contributed by atoms with E-state index in [1.54, 1.807) is 11.3 Å². The van der Waals surface area contributed by atoms with Crippen molar-refractivity contribution in [3.63, 3.8) is 0 Å². The zero-order chi connectivity index (χ0) is 6.97. The summed E-state index contributed by atoms with van der Waals surface area (Å²) in [5.74, 6) is 0. The van der Waals surface area contributed by atoms with Gasteiger partial charge in [0.15, 0.2) is 0 Å². The van der Waals surface area contributed by atoms with Gasteiger partial charge in [-0.15, -0.1) is 11.3 Å². The number of fused-ring (bicyclic) bond motifs is 1. The Kier molecular flexibility index (Phi) is 1.32. The van der Waals surface area contributed by atoms with Gasteiger partial charge in [0.25, 0.3) is 0 Å². The summed E-state index contributed by atoms with van der Waals surface area (Å²) in [4.78, 5) is 5.48. The lowest BCUT2D eigenvalue weighted by molar-refractivity contribution is 0.811. The average Bonchev–Trinajstić information content (AvgIpc) is 2.33. The highest BCUT2D eigenvalue weighted by Crippen LogP contribution is 2.20. The third kappa shape index (κ3) is 0.874. The predicted octanol–water partition coefficient (Wildman–Crippen LogP) is 1.04. The first-order valence-electron chi connectivity index (χ1n) is 3.22. The summed E-state index contributed by atoms with van der Waals surface area (Å²) >= 11 is 1.69. The van der Waals surface area contributed by atoms with Gasteiger partial charge in [0.05, 0.1) is 11.2 Å². The van der Waals surface area contributed by atoms with Gasteiger partial charge in [0.1, 0.15) is 0 Å². The standard InChI is InChI=1S/C7H8N2S/c8-5-1-2-6-7(3-5)10-4-9-6/h1-2,4-5H,3,8H2. The first-order chi connectivity index (χ1) is 4.86. The zero-order valence-electron chi connectivity index (χ0n) is 5.45. The molecule has 1 heterocycles. The third-order valence-corrected chi connectivity index (χ3v) is 2.47. The molecule has 2 rings (SSSR count). The van der Waals surface area contributed by atoms with E-state index in [-0.39, 0.29) is 6.04 Å². The van der Waals surface area contributed by atoms with E-state index in [2.05, 4.69) is 4.98 Å². The van der Waals surface area contributed by atoms with Gasteiger partial charge in [0.2, 0.25) is 0 Å². The van der Waals surface area contributed by atoms with E-state index in [0.717, 1.165) is 12.1 Å². The molecule has 0 amide bonds. The van der Waals surface area contributed by atoms with Crippen LogP contribution in [0.1, 0.15) is 10.6 Å². The minimum Gasteiger partial charge on any atom is -0.324 e. The fraction of sp³-hybridized carbons (Fsp3) is 0.286. The van der Waals surface area contributed by atoms with Gasteiger partial charge in [-0.05, 0) is 6.08 Å². The molecule has 10 heavy (non-hydrogen) atoms. The van der Waals surface area contributed by atoms with Gasteiger partial charge < -0.3 is 5.73 Å². The van der Waals surface area contributed by atoms with Gasteiger partial charge in [-0.2, -0.15) is 0 Å². The van der Waals surface area contributed by atoms with Crippen molar-refractivity contribution in [3.05, 3.63) is 22.2 Å². The monoisotopic (exact) mass is 152 g/mol. The minimum absolute atomic E-state index is 0.202. The number of thiazole rings is 1. The Morgan fingerprint density at radius 3 is 3.50 bits per heavy atom. The Balaban J connectivity index is 2.43. The van der Waals surface area contributed by atoms with Crippen LogP contribution < -0.4 is 5.73 Å². The molecule has 0 radical (unpaired) electrons. The van der Waals surface area contributed by atoms with E-state index in [4.69, 9.17) is 5.73 Å². The smallest absolute Gasteiger partial charge is 0.0801 e. The summed E-state index contributed by atoms with van der Waals surface area (Å²) in [6, 6.07) is 0.202. The summed E-state index contributed by atoms with van der Waals surface area (Å²) in [5, 5.41) is 0. The largest absolute Gasteiger partial charge is 0.324 e. The molecule has 2 nitrogen and oxygen atoms in total. The van der Waals surface area contributed by atoms with Gasteiger partial charge >= 0.3 is 0 Å². The highest BCUT2D eigenvalue weighted by molar-refractivity contribution is 7.09. The second-order valence-electron chi connectivity index (χ2n) is 2.39. The quantitative estimate of drug-likeness (QED) is 0.603. The van der Waals surface area contributed by atoms with Crippen molar-refractivity contribution in [1.29, 1.82) is 0 Å². The van der Waals surface area contributed by atoms with Crippen molar-refractivity contribution >= 4 is 17.4 Å². The number of hydrogen-bond donors (Lipinski definition) is 1. The van der Waals surface area contributed by atoms with E-state index in [1.807, 2.05) is 17.7 Å². The molecule has 2 N–H and O–H groups in total. The maximum absolute atomic E-state index is 5.70. The van der Waals surface area contributed by atoms with Crippen LogP contribution in [0.25, 0.3) is 6.08 Å². The summed E-state index contributed by atoms with van der Waals surface area (Å²) in [5.41, 5.74) is 8.67. The van der Waals surface area contributed by atoms with E-state index in [9.17, 15) is 0 Å². The van der Waals surface area contributed by atoms with Crippen LogP contribution in [0.5, 0.6) is 0 Å². The molecular weight excluding hydrogens is 144 g/mol. The fourth-order valence-corrected chi connectivity index (χ4v) is 1.89. The van der Waals surface area contributed by atoms with Crippen LogP contribution in [0, 0.1) is 0 Å². The number of hydrogen-bond acceptors (Lipinski definition) is 3. The maximum Gasteiger partial charge on any atom is 0.0801 e. The number of nitrogens with zero attached hydrogens (tertiary/aromatic N) is 1. The molecule has 0 fully saturated rings. The third-order valence-electron chi connectivity index (χ3n) is 1.59. The van der Waals surface area contributed by atoms with Gasteiger partial charge in [-0.3, -0.25) is 0 Å². The molecule has 1 aromatic rings. The summed E-state index contributed by atoms with van der Waals surface area (Å²) in [6.07, 6.45) is 4.96. The van der Waals surface area contributed by atoms with Gasteiger partial charge in [-0.25, -0.2) is 4.98 Å². The van der Waals surface area contributed by atoms with Crippen molar-refractivity contribution in [3.8, 4) is 0 Å². The van der Waals surface area contributed by atoms with E-state index in [1.165, 1.54) is 4.88 Å². The molecule has 1 aromatic heterocycles. The normalized spacial score (nSPS) is 22.7. The van der Waals surface area contributed by atoms with Crippen LogP contribution in [-0.2, 0) is 6.42 Å². The predicted molar refractivity (Wildman–Crippen MR) is 42.8 cm³/mol. The molecule has 0 saturated carbocycles. The topological polar surface area (TPSA) is 38.9 Å². The summed E-state index contributed by atoms with van der Waals surface area (Å²) in [6.45, 7) is 0. The van der Waals surface area contributed by atoms with E-state index in [0.29, 0.717) is 0 Å². The van der Waals surface area contributed by atoms with E-state index < -0.39 is 0 Å². The fourth-order valence-electron chi connectivity index (χ4n) is 1.06. The second-order valence-corrected chi connectivity index (χ2v) is 3.33. The van der Waals surface area contributed by atoms with Crippen LogP contribution in [0.2, 0.25) is 0 Å². The Bertz CT molecular complexity index is 264. The molecule has 3 heteroatoms. The lowest BCUT2D eigenvalue weighted by Crippen LogP contribution is -2.21. The Morgan fingerprint density at radius 1 is 1.70 bits per heavy atom. The van der Waals surface area contributed by atoms with Crippen molar-refractivity contribution < 1.29 is 0 Å². The van der Waals surface area contributed by atoms with Gasteiger partial charge in [0, 0.05) is 17.3 Å². The van der Waals surface area contributed by atoms with Crippen LogP contribution in [0.3, 0.4) is 0 Å². The molecule has 0 spiro atoms. The molecule has 0 bridgehead atoms. The average molecular weight is 152 g/mol. The van der Waals surface area contributed by atoms with E-state index >= 15 is 0 Å². The van der Waals surface area contributed by atoms with Crippen LogP contribution in [0.15, 0.2) is 11.6 Å². The Hall–Kier alpha value is -0.670. The Labute approximate surface area is 63.4 Å². The minimum atomic E-state index is 0.202. The molecule has 1 aliphatic carbocycles. The molecule has 0 aliphatic heterocycles. The van der Waals surface area contributed by atoms with Crippen molar-refractivity contribution in [2.24, 2.45) is 5.73 Å². The van der Waals surface area contributed by atoms with Crippen molar-refractivity contribution in [1.82, 2.24) is 4.98 Å². The van der Waals surface area contributed by atoms with Crippen molar-refractivity contribution in [2.45, 2.75) is 12.5 Å². The second kappa shape index (κ2) is 2.18. The molecule has 1 unspecified atom stereocenters. The lowest BCUT2D eigenvalue weighted by atomic mass is 10.1.